The van der Waals surface area contributed by atoms with E-state index in [1.165, 1.54) is 6.21 Å². The van der Waals surface area contributed by atoms with Gasteiger partial charge in [-0.25, -0.2) is 4.79 Å². The summed E-state index contributed by atoms with van der Waals surface area (Å²) in [6.45, 7) is 0.976. The molecule has 0 spiro atoms. The molecule has 11 heteroatoms. The van der Waals surface area contributed by atoms with Gasteiger partial charge in [0.15, 0.2) is 11.6 Å². The number of nitrogens with one attached hydrogen (secondary N) is 1. The van der Waals surface area contributed by atoms with Crippen LogP contribution in [0.1, 0.15) is 56.6 Å². The summed E-state index contributed by atoms with van der Waals surface area (Å²) in [6, 6.07) is 4.66. The summed E-state index contributed by atoms with van der Waals surface area (Å²) in [5.74, 6) is 3.47. The Bertz CT molecular complexity index is 1200. The number of benzene rings is 1. The maximum Gasteiger partial charge on any atom is 0.325 e. The van der Waals surface area contributed by atoms with Crippen molar-refractivity contribution in [2.45, 2.75) is 57.0 Å². The normalized spacial score (nSPS) is 33.1. The van der Waals surface area contributed by atoms with Crippen LogP contribution in [0.4, 0.5) is 4.79 Å². The highest BCUT2D eigenvalue weighted by atomic mass is 16.4. The quantitative estimate of drug-likeness (QED) is 0.122. The number of nitrogens with two attached hydrogens (primary N) is 2. The van der Waals surface area contributed by atoms with E-state index in [0.717, 1.165) is 17.2 Å². The van der Waals surface area contributed by atoms with Crippen LogP contribution in [0.25, 0.3) is 0 Å². The van der Waals surface area contributed by atoms with Gasteiger partial charge in [0.2, 0.25) is 0 Å². The third-order valence-electron chi connectivity index (χ3n) is 8.99. The molecule has 201 valence electrons. The van der Waals surface area contributed by atoms with Crippen molar-refractivity contribution < 1.29 is 29.1 Å². The topological polar surface area (TPSA) is 185 Å². The Morgan fingerprint density at radius 1 is 1.16 bits per heavy atom. The highest BCUT2D eigenvalue weighted by Gasteiger charge is 2.66. The molecule has 6 N–H and O–H groups in total. The van der Waals surface area contributed by atoms with Gasteiger partial charge in [-0.15, -0.1) is 0 Å². The third kappa shape index (κ3) is 3.91. The Morgan fingerprint density at radius 2 is 1.79 bits per heavy atom. The summed E-state index contributed by atoms with van der Waals surface area (Å²) in [5, 5.41) is 15.4. The van der Waals surface area contributed by atoms with Gasteiger partial charge in [-0.2, -0.15) is 5.10 Å². The van der Waals surface area contributed by atoms with Crippen molar-refractivity contribution >= 4 is 35.7 Å². The van der Waals surface area contributed by atoms with Gasteiger partial charge >= 0.3 is 12.0 Å². The zero-order chi connectivity index (χ0) is 27.4. The molecule has 4 aliphatic carbocycles. The number of urea groups is 1. The van der Waals surface area contributed by atoms with Gasteiger partial charge in [-0.1, -0.05) is 24.3 Å². The highest BCUT2D eigenvalue weighted by Crippen LogP contribution is 2.64. The number of nitrogens with zero attached hydrogens (tertiary/aromatic N) is 2. The number of amides is 3. The molecule has 1 aromatic rings. The van der Waals surface area contributed by atoms with Crippen LogP contribution in [0.3, 0.4) is 0 Å². The SMILES string of the molecule is C[C@]1(c2ccc(C=NN)cc2)NC(=O)N(CC(=O)[C@]2(C(=O)[C@@H](N)CC(=O)O)[C]3CC4CC(C3)CC2C4)C1=O. The predicted octanol–water partition coefficient (Wildman–Crippen LogP) is 1.09. The lowest BCUT2D eigenvalue weighted by molar-refractivity contribution is -0.157. The summed E-state index contributed by atoms with van der Waals surface area (Å²) in [4.78, 5) is 66.8. The first-order valence-corrected chi connectivity index (χ1v) is 12.9. The summed E-state index contributed by atoms with van der Waals surface area (Å²) >= 11 is 0. The van der Waals surface area contributed by atoms with Gasteiger partial charge in [0.25, 0.3) is 5.91 Å². The van der Waals surface area contributed by atoms with Crippen molar-refractivity contribution in [2.24, 2.45) is 39.8 Å². The fourth-order valence-electron chi connectivity index (χ4n) is 7.45. The monoisotopic (exact) mass is 522 g/mol. The van der Waals surface area contributed by atoms with E-state index in [0.29, 0.717) is 48.6 Å². The maximum absolute atomic E-state index is 14.2. The number of rotatable bonds is 9. The minimum absolute atomic E-state index is 0.299. The van der Waals surface area contributed by atoms with E-state index in [9.17, 15) is 29.1 Å². The number of aliphatic carboxylic acids is 1. The number of imide groups is 1. The lowest BCUT2D eigenvalue weighted by Gasteiger charge is -2.59. The maximum atomic E-state index is 14.2. The van der Waals surface area contributed by atoms with Gasteiger partial charge in [-0.05, 0) is 73.8 Å². The molecule has 1 aromatic carbocycles. The summed E-state index contributed by atoms with van der Waals surface area (Å²) < 4.78 is 0. The first-order valence-electron chi connectivity index (χ1n) is 12.9. The molecule has 1 saturated heterocycles. The number of hydrogen-bond donors (Lipinski definition) is 4. The van der Waals surface area contributed by atoms with Gasteiger partial charge in [0.1, 0.15) is 5.54 Å². The summed E-state index contributed by atoms with van der Waals surface area (Å²) in [7, 11) is 0. The number of carbonyl (C=O) groups excluding carboxylic acids is 4. The lowest BCUT2D eigenvalue weighted by Crippen LogP contribution is -2.64. The van der Waals surface area contributed by atoms with E-state index in [1.807, 2.05) is 0 Å². The van der Waals surface area contributed by atoms with Gasteiger partial charge < -0.3 is 22.0 Å². The minimum atomic E-state index is -1.56. The van der Waals surface area contributed by atoms with Crippen LogP contribution in [0, 0.1) is 29.1 Å². The van der Waals surface area contributed by atoms with Crippen molar-refractivity contribution in [2.75, 3.05) is 6.54 Å². The molecule has 5 aliphatic rings. The van der Waals surface area contributed by atoms with E-state index < -0.39 is 59.4 Å². The van der Waals surface area contributed by atoms with Gasteiger partial charge in [0.05, 0.1) is 30.6 Å². The third-order valence-corrected chi connectivity index (χ3v) is 8.99. The van der Waals surface area contributed by atoms with Gasteiger partial charge in [0, 0.05) is 0 Å². The molecule has 5 fully saturated rings. The molecule has 38 heavy (non-hydrogen) atoms. The molecule has 4 bridgehead atoms. The Kier molecular flexibility index (Phi) is 6.37. The number of carboxylic acids is 1. The Hall–Kier alpha value is -3.60. The number of hydrogen-bond acceptors (Lipinski definition) is 8. The molecular weight excluding hydrogens is 490 g/mol. The summed E-state index contributed by atoms with van der Waals surface area (Å²) in [5.41, 5.74) is 4.31. The van der Waals surface area contributed by atoms with Crippen LogP contribution in [0.2, 0.25) is 0 Å². The Labute approximate surface area is 220 Å². The number of carbonyl (C=O) groups is 5. The molecule has 4 saturated carbocycles. The smallest absolute Gasteiger partial charge is 0.325 e. The average molecular weight is 523 g/mol. The second kappa shape index (κ2) is 9.30. The van der Waals surface area contributed by atoms with E-state index >= 15 is 0 Å². The second-order valence-corrected chi connectivity index (χ2v) is 11.3. The van der Waals surface area contributed by atoms with Crippen LogP contribution in [-0.4, -0.2) is 58.3 Å². The molecule has 1 radical (unpaired) electrons. The van der Waals surface area contributed by atoms with Crippen molar-refractivity contribution in [1.82, 2.24) is 10.2 Å². The van der Waals surface area contributed by atoms with Crippen molar-refractivity contribution in [3.8, 4) is 0 Å². The molecule has 5 atom stereocenters. The zero-order valence-corrected chi connectivity index (χ0v) is 21.2. The standard InChI is InChI=1S/C27H32N5O6/c1-26(17-4-2-14(3-5-17)12-30-29)24(37)32(25(38)31-26)13-21(33)27(23(36)20(28)11-22(34)35)18-7-15-6-16(9-18)10-19(27)8-15/h2-5,12,15-16,18,20H,6-11,13,28-29H2,1H3,(H,31,38)(H,34,35)/t15?,16?,18?,20-,26+,27+/m0/s1. The molecule has 1 aliphatic heterocycles. The molecular formula is C27H32N5O6. The second-order valence-electron chi connectivity index (χ2n) is 11.3. The van der Waals surface area contributed by atoms with E-state index in [1.54, 1.807) is 31.2 Å². The molecule has 11 nitrogen and oxygen atoms in total. The number of carboxylic acid groups (broad SMARTS) is 1. The van der Waals surface area contributed by atoms with Crippen molar-refractivity contribution in [1.29, 1.82) is 0 Å². The van der Waals surface area contributed by atoms with Crippen LogP contribution in [0.15, 0.2) is 29.4 Å². The molecule has 3 amide bonds. The average Bonchev–Trinajstić information content (AvgIpc) is 3.07. The van der Waals surface area contributed by atoms with Crippen molar-refractivity contribution in [3.05, 3.63) is 41.3 Å². The molecule has 2 unspecified atom stereocenters. The first-order chi connectivity index (χ1) is 18.0. The summed E-state index contributed by atoms with van der Waals surface area (Å²) in [6.07, 6.45) is 4.48. The number of ketones is 2. The number of hydrazone groups is 1. The van der Waals surface area contributed by atoms with Crippen LogP contribution < -0.4 is 16.9 Å². The zero-order valence-electron chi connectivity index (χ0n) is 21.2. The van der Waals surface area contributed by atoms with Crippen molar-refractivity contribution in [3.63, 3.8) is 0 Å². The highest BCUT2D eigenvalue weighted by molar-refractivity contribution is 6.16. The van der Waals surface area contributed by atoms with Crippen LogP contribution >= 0.6 is 0 Å². The fraction of sp³-hybridized carbons (Fsp3) is 0.519. The number of Topliss-reactive ketones (excluding diaryl/α,β-unsaturated/α-hetero) is 2. The van der Waals surface area contributed by atoms with Crippen LogP contribution in [0.5, 0.6) is 0 Å². The van der Waals surface area contributed by atoms with E-state index in [-0.39, 0.29) is 5.92 Å². The molecule has 0 aromatic heterocycles. The largest absolute Gasteiger partial charge is 0.481 e. The lowest BCUT2D eigenvalue weighted by atomic mass is 9.42. The predicted molar refractivity (Wildman–Crippen MR) is 135 cm³/mol. The van der Waals surface area contributed by atoms with E-state index in [4.69, 9.17) is 11.6 Å². The van der Waals surface area contributed by atoms with Crippen LogP contribution in [-0.2, 0) is 24.7 Å². The molecule has 6 rings (SSSR count). The Morgan fingerprint density at radius 3 is 2.34 bits per heavy atom. The van der Waals surface area contributed by atoms with E-state index in [2.05, 4.69) is 10.4 Å². The first kappa shape index (κ1) is 26.0. The fourth-order valence-corrected chi connectivity index (χ4v) is 7.45. The Balaban J connectivity index is 1.45. The van der Waals surface area contributed by atoms with Gasteiger partial charge in [-0.3, -0.25) is 24.1 Å². The molecule has 1 heterocycles. The minimum Gasteiger partial charge on any atom is -0.481 e.